The van der Waals surface area contributed by atoms with Crippen LogP contribution in [-0.2, 0) is 6.42 Å². The van der Waals surface area contributed by atoms with Crippen LogP contribution in [0.2, 0.25) is 0 Å². The Labute approximate surface area is 178 Å². The lowest BCUT2D eigenvalue weighted by atomic mass is 10.1. The van der Waals surface area contributed by atoms with E-state index in [4.69, 9.17) is 9.15 Å². The van der Waals surface area contributed by atoms with Crippen molar-refractivity contribution in [2.45, 2.75) is 38.6 Å². The second-order valence-corrected chi connectivity index (χ2v) is 8.05. The second kappa shape index (κ2) is 9.45. The lowest BCUT2D eigenvalue weighted by Crippen LogP contribution is -2.35. The minimum atomic E-state index is -0.755. The van der Waals surface area contributed by atoms with E-state index in [1.165, 1.54) is 25.0 Å². The summed E-state index contributed by atoms with van der Waals surface area (Å²) in [5.74, 6) is 0.120. The normalized spacial score (nSPS) is 14.6. The lowest BCUT2D eigenvalue weighted by Gasteiger charge is -2.17. The molecule has 3 N–H and O–H groups in total. The summed E-state index contributed by atoms with van der Waals surface area (Å²) in [5, 5.41) is 0.364. The van der Waals surface area contributed by atoms with Gasteiger partial charge in [-0.15, -0.1) is 0 Å². The Hall–Kier alpha value is -2.97. The number of rotatable bonds is 10. The van der Waals surface area contributed by atoms with Gasteiger partial charge in [0.2, 0.25) is 0 Å². The van der Waals surface area contributed by atoms with E-state index in [2.05, 4.69) is 15.8 Å². The SMILES string of the molecule is CC(NNCCCc1ccc2oc(=O)[nH]c(=O)c2c1)c1cc(F)cc(OCC2CC2)c1. The molecule has 1 atom stereocenters. The van der Waals surface area contributed by atoms with Crippen molar-refractivity contribution in [3.8, 4) is 5.75 Å². The Bertz CT molecular complexity index is 1170. The van der Waals surface area contributed by atoms with Crippen LogP contribution in [-0.4, -0.2) is 18.1 Å². The first-order chi connectivity index (χ1) is 15.0. The maximum atomic E-state index is 13.9. The average Bonchev–Trinajstić information content (AvgIpc) is 3.56. The number of benzene rings is 2. The van der Waals surface area contributed by atoms with E-state index in [1.807, 2.05) is 19.1 Å². The number of aromatic nitrogens is 1. The van der Waals surface area contributed by atoms with Gasteiger partial charge < -0.3 is 9.15 Å². The minimum absolute atomic E-state index is 0.0962. The van der Waals surface area contributed by atoms with Crippen LogP contribution < -0.4 is 26.9 Å². The van der Waals surface area contributed by atoms with E-state index < -0.39 is 11.3 Å². The highest BCUT2D eigenvalue weighted by atomic mass is 19.1. The number of halogens is 1. The summed E-state index contributed by atoms with van der Waals surface area (Å²) in [4.78, 5) is 25.2. The summed E-state index contributed by atoms with van der Waals surface area (Å²) in [6, 6.07) is 9.93. The first-order valence-corrected chi connectivity index (χ1v) is 10.6. The van der Waals surface area contributed by atoms with E-state index in [0.717, 1.165) is 24.0 Å². The van der Waals surface area contributed by atoms with Crippen molar-refractivity contribution < 1.29 is 13.5 Å². The van der Waals surface area contributed by atoms with Gasteiger partial charge in [0.1, 0.15) is 17.1 Å². The smallest absolute Gasteiger partial charge is 0.419 e. The minimum Gasteiger partial charge on any atom is -0.493 e. The van der Waals surface area contributed by atoms with Crippen LogP contribution in [0.4, 0.5) is 4.39 Å². The molecular formula is C23H26FN3O4. The van der Waals surface area contributed by atoms with Crippen LogP contribution in [0.25, 0.3) is 11.0 Å². The summed E-state index contributed by atoms with van der Waals surface area (Å²) in [5.41, 5.74) is 7.97. The molecule has 8 heteroatoms. The third kappa shape index (κ3) is 5.80. The van der Waals surface area contributed by atoms with Gasteiger partial charge in [-0.3, -0.25) is 20.6 Å². The van der Waals surface area contributed by atoms with Crippen molar-refractivity contribution in [1.29, 1.82) is 0 Å². The van der Waals surface area contributed by atoms with E-state index in [0.29, 0.717) is 30.2 Å². The number of aryl methyl sites for hydroxylation is 1. The van der Waals surface area contributed by atoms with Crippen molar-refractivity contribution in [3.63, 3.8) is 0 Å². The Morgan fingerprint density at radius 2 is 2.06 bits per heavy atom. The van der Waals surface area contributed by atoms with Crippen LogP contribution in [0.5, 0.6) is 5.75 Å². The molecule has 1 heterocycles. The maximum absolute atomic E-state index is 13.9. The highest BCUT2D eigenvalue weighted by Gasteiger charge is 2.22. The number of H-pyrrole nitrogens is 1. The van der Waals surface area contributed by atoms with Gasteiger partial charge >= 0.3 is 5.76 Å². The number of hydrogen-bond acceptors (Lipinski definition) is 6. The van der Waals surface area contributed by atoms with E-state index in [1.54, 1.807) is 12.1 Å². The monoisotopic (exact) mass is 427 g/mol. The van der Waals surface area contributed by atoms with Crippen LogP contribution in [0.1, 0.15) is 43.4 Å². The molecule has 1 saturated carbocycles. The highest BCUT2D eigenvalue weighted by molar-refractivity contribution is 5.75. The predicted octanol–water partition coefficient (Wildman–Crippen LogP) is 3.20. The van der Waals surface area contributed by atoms with Crippen LogP contribution in [0.3, 0.4) is 0 Å². The fraction of sp³-hybridized carbons (Fsp3) is 0.391. The molecule has 1 unspecified atom stereocenters. The number of hydrogen-bond donors (Lipinski definition) is 3. The maximum Gasteiger partial charge on any atom is 0.419 e. The van der Waals surface area contributed by atoms with Gasteiger partial charge in [-0.05, 0) is 73.9 Å². The molecule has 0 saturated heterocycles. The number of ether oxygens (including phenoxy) is 1. The second-order valence-electron chi connectivity index (χ2n) is 8.05. The van der Waals surface area contributed by atoms with Crippen molar-refractivity contribution in [1.82, 2.24) is 15.8 Å². The van der Waals surface area contributed by atoms with Crippen molar-refractivity contribution in [3.05, 3.63) is 74.2 Å². The zero-order chi connectivity index (χ0) is 21.8. The average molecular weight is 427 g/mol. The quantitative estimate of drug-likeness (QED) is 0.340. The molecule has 4 rings (SSSR count). The molecule has 3 aromatic rings. The molecule has 0 radical (unpaired) electrons. The number of hydrazine groups is 1. The highest BCUT2D eigenvalue weighted by Crippen LogP contribution is 2.30. The van der Waals surface area contributed by atoms with Crippen molar-refractivity contribution in [2.24, 2.45) is 5.92 Å². The van der Waals surface area contributed by atoms with Gasteiger partial charge in [0.05, 0.1) is 12.0 Å². The standard InChI is InChI=1S/C23H26FN3O4/c1-14(17-10-18(24)12-19(11-17)30-13-16-4-5-16)27-25-8-2-3-15-6-7-21-20(9-15)22(28)26-23(29)31-21/h6-7,9-12,14,16,25,27H,2-5,8,13H2,1H3,(H,26,28,29). The molecule has 1 fully saturated rings. The van der Waals surface area contributed by atoms with Crippen LogP contribution >= 0.6 is 0 Å². The summed E-state index contributed by atoms with van der Waals surface area (Å²) in [6.45, 7) is 3.29. The molecule has 2 aromatic carbocycles. The van der Waals surface area contributed by atoms with Gasteiger partial charge in [-0.2, -0.15) is 0 Å². The third-order valence-corrected chi connectivity index (χ3v) is 5.37. The Morgan fingerprint density at radius 1 is 1.23 bits per heavy atom. The Balaban J connectivity index is 1.25. The van der Waals surface area contributed by atoms with E-state index in [9.17, 15) is 14.0 Å². The Kier molecular flexibility index (Phi) is 6.48. The third-order valence-electron chi connectivity index (χ3n) is 5.37. The molecule has 7 nitrogen and oxygen atoms in total. The fourth-order valence-electron chi connectivity index (χ4n) is 3.39. The van der Waals surface area contributed by atoms with Crippen LogP contribution in [0.15, 0.2) is 50.4 Å². The summed E-state index contributed by atoms with van der Waals surface area (Å²) in [7, 11) is 0. The largest absolute Gasteiger partial charge is 0.493 e. The van der Waals surface area contributed by atoms with Gasteiger partial charge in [0, 0.05) is 18.7 Å². The van der Waals surface area contributed by atoms with Crippen LogP contribution in [0, 0.1) is 11.7 Å². The zero-order valence-electron chi connectivity index (χ0n) is 17.4. The molecular weight excluding hydrogens is 401 g/mol. The molecule has 0 bridgehead atoms. The van der Waals surface area contributed by atoms with Crippen molar-refractivity contribution >= 4 is 11.0 Å². The first kappa shape index (κ1) is 21.3. The van der Waals surface area contributed by atoms with Gasteiger partial charge in [-0.25, -0.2) is 9.18 Å². The Morgan fingerprint density at radius 3 is 2.87 bits per heavy atom. The summed E-state index contributed by atoms with van der Waals surface area (Å²) in [6.07, 6.45) is 3.95. The van der Waals surface area contributed by atoms with Gasteiger partial charge in [0.25, 0.3) is 5.56 Å². The predicted molar refractivity (Wildman–Crippen MR) is 116 cm³/mol. The summed E-state index contributed by atoms with van der Waals surface area (Å²) < 4.78 is 24.6. The van der Waals surface area contributed by atoms with Crippen molar-refractivity contribution in [2.75, 3.05) is 13.2 Å². The lowest BCUT2D eigenvalue weighted by molar-refractivity contribution is 0.297. The molecule has 0 spiro atoms. The molecule has 0 aliphatic heterocycles. The van der Waals surface area contributed by atoms with E-state index >= 15 is 0 Å². The molecule has 164 valence electrons. The molecule has 31 heavy (non-hydrogen) atoms. The van der Waals surface area contributed by atoms with E-state index in [-0.39, 0.29) is 17.4 Å². The molecule has 0 amide bonds. The topological polar surface area (TPSA) is 96.4 Å². The summed E-state index contributed by atoms with van der Waals surface area (Å²) >= 11 is 0. The molecule has 1 aliphatic rings. The van der Waals surface area contributed by atoms with Gasteiger partial charge in [0.15, 0.2) is 0 Å². The first-order valence-electron chi connectivity index (χ1n) is 10.6. The van der Waals surface area contributed by atoms with Gasteiger partial charge in [-0.1, -0.05) is 6.07 Å². The number of aromatic amines is 1. The number of fused-ring (bicyclic) bond motifs is 1. The molecule has 1 aromatic heterocycles. The fourth-order valence-corrected chi connectivity index (χ4v) is 3.39. The number of nitrogens with one attached hydrogen (secondary N) is 3. The zero-order valence-corrected chi connectivity index (χ0v) is 17.4. The molecule has 1 aliphatic carbocycles.